The molecule has 2 aromatic rings. The topological polar surface area (TPSA) is 72.9 Å². The van der Waals surface area contributed by atoms with Crippen molar-refractivity contribution in [2.24, 2.45) is 0 Å². The van der Waals surface area contributed by atoms with Crippen molar-refractivity contribution in [3.05, 3.63) is 71.3 Å². The largest absolute Gasteiger partial charge is 0.486 e. The second-order valence-corrected chi connectivity index (χ2v) is 8.01. The van der Waals surface area contributed by atoms with Gasteiger partial charge in [-0.15, -0.1) is 0 Å². The molecule has 2 aliphatic rings. The highest BCUT2D eigenvalue weighted by Gasteiger charge is 2.42. The van der Waals surface area contributed by atoms with E-state index in [4.69, 9.17) is 4.74 Å². The van der Waals surface area contributed by atoms with Gasteiger partial charge in [0.1, 0.15) is 11.4 Å². The van der Waals surface area contributed by atoms with Gasteiger partial charge >= 0.3 is 5.97 Å². The van der Waals surface area contributed by atoms with E-state index in [-0.39, 0.29) is 18.1 Å². The van der Waals surface area contributed by atoms with Gasteiger partial charge in [-0.05, 0) is 48.7 Å². The molecule has 0 bridgehead atoms. The van der Waals surface area contributed by atoms with E-state index in [0.717, 1.165) is 18.4 Å². The number of carbonyl (C=O) groups excluding carboxylic acids is 3. The summed E-state index contributed by atoms with van der Waals surface area (Å²) in [5.41, 5.74) is 1.35. The maximum absolute atomic E-state index is 13.0. The first-order chi connectivity index (χ1) is 15.0. The molecule has 1 fully saturated rings. The number of benzene rings is 2. The number of amides is 1. The number of esters is 1. The van der Waals surface area contributed by atoms with Crippen LogP contribution in [0.4, 0.5) is 0 Å². The summed E-state index contributed by atoms with van der Waals surface area (Å²) in [6.45, 7) is 1.20. The van der Waals surface area contributed by atoms with Crippen LogP contribution in [-0.4, -0.2) is 48.4 Å². The summed E-state index contributed by atoms with van der Waals surface area (Å²) in [6.07, 6.45) is 5.34. The lowest BCUT2D eigenvalue weighted by atomic mass is 9.84. The third-order valence-electron chi connectivity index (χ3n) is 5.93. The van der Waals surface area contributed by atoms with Crippen LogP contribution in [0.15, 0.2) is 54.6 Å². The highest BCUT2D eigenvalue weighted by atomic mass is 16.5. The summed E-state index contributed by atoms with van der Waals surface area (Å²) in [4.78, 5) is 39.0. The third kappa shape index (κ3) is 4.53. The minimum Gasteiger partial charge on any atom is -0.486 e. The first-order valence-corrected chi connectivity index (χ1v) is 10.5. The van der Waals surface area contributed by atoms with Crippen molar-refractivity contribution < 1.29 is 23.9 Å². The summed E-state index contributed by atoms with van der Waals surface area (Å²) in [5.74, 6) is 0.154. The zero-order valence-electron chi connectivity index (χ0n) is 17.5. The van der Waals surface area contributed by atoms with Crippen LogP contribution in [0.2, 0.25) is 0 Å². The molecule has 0 N–H and O–H groups in total. The van der Waals surface area contributed by atoms with Crippen molar-refractivity contribution in [3.8, 4) is 5.75 Å². The first-order valence-electron chi connectivity index (χ1n) is 10.5. The Labute approximate surface area is 181 Å². The fraction of sp³-hybridized carbons (Fsp3) is 0.320. The van der Waals surface area contributed by atoms with E-state index in [0.29, 0.717) is 36.4 Å². The standard InChI is InChI=1S/C25H25NO5/c1-30-23(28)11-9-18-8-10-22-20(16-18)21(27)17-25(31-22)12-5-14-26(15-13-25)24(29)19-6-3-2-4-7-19/h2-4,6-11,16H,5,12-15,17H2,1H3. The Hall–Kier alpha value is -3.41. The normalized spacial score (nSPS) is 20.8. The Morgan fingerprint density at radius 3 is 2.68 bits per heavy atom. The minimum atomic E-state index is -0.584. The summed E-state index contributed by atoms with van der Waals surface area (Å²) in [6, 6.07) is 14.6. The van der Waals surface area contributed by atoms with Gasteiger partial charge in [0.05, 0.1) is 19.1 Å². The van der Waals surface area contributed by atoms with Gasteiger partial charge in [-0.3, -0.25) is 9.59 Å². The van der Waals surface area contributed by atoms with Gasteiger partial charge < -0.3 is 14.4 Å². The van der Waals surface area contributed by atoms with E-state index in [1.54, 1.807) is 18.2 Å². The molecule has 160 valence electrons. The maximum atomic E-state index is 13.0. The van der Waals surface area contributed by atoms with E-state index in [2.05, 4.69) is 4.74 Å². The molecule has 4 rings (SSSR count). The second-order valence-electron chi connectivity index (χ2n) is 8.01. The molecule has 1 spiro atoms. The van der Waals surface area contributed by atoms with E-state index < -0.39 is 11.6 Å². The number of carbonyl (C=O) groups is 3. The number of ether oxygens (including phenoxy) is 2. The van der Waals surface area contributed by atoms with Gasteiger partial charge in [0.2, 0.25) is 0 Å². The van der Waals surface area contributed by atoms with Gasteiger partial charge in [0.25, 0.3) is 5.91 Å². The number of hydrogen-bond donors (Lipinski definition) is 0. The Morgan fingerprint density at radius 2 is 1.90 bits per heavy atom. The number of fused-ring (bicyclic) bond motifs is 1. The highest BCUT2D eigenvalue weighted by molar-refractivity contribution is 6.01. The summed E-state index contributed by atoms with van der Waals surface area (Å²) in [5, 5.41) is 0. The van der Waals surface area contributed by atoms with Gasteiger partial charge in [-0.25, -0.2) is 4.79 Å². The molecule has 0 aliphatic carbocycles. The molecule has 0 aromatic heterocycles. The van der Waals surface area contributed by atoms with Crippen molar-refractivity contribution in [1.29, 1.82) is 0 Å². The van der Waals surface area contributed by atoms with Crippen molar-refractivity contribution in [3.63, 3.8) is 0 Å². The molecule has 2 aromatic carbocycles. The number of Topliss-reactive ketones (excluding diaryl/α,β-unsaturated/α-hetero) is 1. The lowest BCUT2D eigenvalue weighted by Crippen LogP contribution is -2.43. The van der Waals surface area contributed by atoms with Gasteiger partial charge in [-0.2, -0.15) is 0 Å². The Morgan fingerprint density at radius 1 is 1.10 bits per heavy atom. The average Bonchev–Trinajstić information content (AvgIpc) is 3.00. The molecule has 1 amide bonds. The van der Waals surface area contributed by atoms with Gasteiger partial charge in [0.15, 0.2) is 5.78 Å². The van der Waals surface area contributed by atoms with Crippen LogP contribution in [0.1, 0.15) is 52.0 Å². The maximum Gasteiger partial charge on any atom is 0.330 e. The second kappa shape index (κ2) is 8.76. The molecule has 0 saturated carbocycles. The van der Waals surface area contributed by atoms with E-state index in [9.17, 15) is 14.4 Å². The van der Waals surface area contributed by atoms with Crippen molar-refractivity contribution in [2.75, 3.05) is 20.2 Å². The number of hydrogen-bond acceptors (Lipinski definition) is 5. The van der Waals surface area contributed by atoms with Crippen LogP contribution in [0.3, 0.4) is 0 Å². The molecular weight excluding hydrogens is 394 g/mol. The number of nitrogens with zero attached hydrogens (tertiary/aromatic N) is 1. The van der Waals surface area contributed by atoms with Crippen LogP contribution in [0.25, 0.3) is 6.08 Å². The van der Waals surface area contributed by atoms with Crippen LogP contribution in [-0.2, 0) is 9.53 Å². The molecule has 1 saturated heterocycles. The van der Waals surface area contributed by atoms with E-state index in [1.807, 2.05) is 41.3 Å². The predicted octanol–water partition coefficient (Wildman–Crippen LogP) is 3.90. The average molecular weight is 419 g/mol. The van der Waals surface area contributed by atoms with Crippen molar-refractivity contribution in [1.82, 2.24) is 4.90 Å². The molecule has 6 heteroatoms. The predicted molar refractivity (Wildman–Crippen MR) is 116 cm³/mol. The number of methoxy groups -OCH3 is 1. The lowest BCUT2D eigenvalue weighted by molar-refractivity contribution is -0.134. The highest BCUT2D eigenvalue weighted by Crippen LogP contribution is 2.40. The Balaban J connectivity index is 1.49. The third-order valence-corrected chi connectivity index (χ3v) is 5.93. The summed E-state index contributed by atoms with van der Waals surface area (Å²) >= 11 is 0. The Bertz CT molecular complexity index is 1030. The fourth-order valence-corrected chi connectivity index (χ4v) is 4.26. The van der Waals surface area contributed by atoms with Gasteiger partial charge in [0, 0.05) is 31.1 Å². The first kappa shape index (κ1) is 20.8. The molecule has 6 nitrogen and oxygen atoms in total. The molecule has 31 heavy (non-hydrogen) atoms. The molecule has 1 unspecified atom stereocenters. The number of rotatable bonds is 3. The SMILES string of the molecule is COC(=O)C=Cc1ccc2c(c1)C(=O)CC1(CCCN(C(=O)c3ccccc3)CC1)O2. The van der Waals surface area contributed by atoms with Crippen LogP contribution in [0.5, 0.6) is 5.75 Å². The lowest BCUT2D eigenvalue weighted by Gasteiger charge is -2.37. The van der Waals surface area contributed by atoms with Crippen LogP contribution in [0, 0.1) is 0 Å². The smallest absolute Gasteiger partial charge is 0.330 e. The Kier molecular flexibility index (Phi) is 5.89. The van der Waals surface area contributed by atoms with E-state index >= 15 is 0 Å². The van der Waals surface area contributed by atoms with Crippen LogP contribution >= 0.6 is 0 Å². The summed E-state index contributed by atoms with van der Waals surface area (Å²) in [7, 11) is 1.32. The van der Waals surface area contributed by atoms with E-state index in [1.165, 1.54) is 13.2 Å². The molecular formula is C25H25NO5. The summed E-state index contributed by atoms with van der Waals surface area (Å²) < 4.78 is 11.0. The molecule has 0 radical (unpaired) electrons. The quantitative estimate of drug-likeness (QED) is 0.557. The molecule has 2 aliphatic heterocycles. The number of ketones is 1. The minimum absolute atomic E-state index is 0.0159. The zero-order chi connectivity index (χ0) is 21.8. The zero-order valence-corrected chi connectivity index (χ0v) is 17.5. The van der Waals surface area contributed by atoms with Gasteiger partial charge in [-0.1, -0.05) is 24.3 Å². The van der Waals surface area contributed by atoms with Crippen LogP contribution < -0.4 is 4.74 Å². The monoisotopic (exact) mass is 419 g/mol. The molecule has 1 atom stereocenters. The number of likely N-dealkylation sites (tertiary alicyclic amines) is 1. The molecule has 2 heterocycles. The van der Waals surface area contributed by atoms with Crippen molar-refractivity contribution in [2.45, 2.75) is 31.3 Å². The van der Waals surface area contributed by atoms with Crippen molar-refractivity contribution >= 4 is 23.7 Å². The fourth-order valence-electron chi connectivity index (χ4n) is 4.26.